The zero-order valence-electron chi connectivity index (χ0n) is 14.7. The normalized spacial score (nSPS) is 10.3. The third-order valence-corrected chi connectivity index (χ3v) is 3.64. The molecular formula is C19H19FN4O2. The summed E-state index contributed by atoms with van der Waals surface area (Å²) in [7, 11) is 3.18. The first-order valence-corrected chi connectivity index (χ1v) is 7.95. The predicted molar refractivity (Wildman–Crippen MR) is 99.3 cm³/mol. The van der Waals surface area contributed by atoms with E-state index in [1.807, 2.05) is 0 Å². The minimum atomic E-state index is -0.354. The fraction of sp³-hybridized carbons (Fsp3) is 0.158. The summed E-state index contributed by atoms with van der Waals surface area (Å²) in [5.74, 6) is 2.53. The molecule has 0 bridgehead atoms. The molecule has 0 aliphatic carbocycles. The molecular weight excluding hydrogens is 335 g/mol. The fourth-order valence-corrected chi connectivity index (χ4v) is 2.45. The summed E-state index contributed by atoms with van der Waals surface area (Å²) in [6.07, 6.45) is 0. The first-order chi connectivity index (χ1) is 12.6. The molecule has 3 rings (SSSR count). The monoisotopic (exact) mass is 354 g/mol. The van der Waals surface area contributed by atoms with Crippen molar-refractivity contribution in [3.05, 3.63) is 60.2 Å². The van der Waals surface area contributed by atoms with E-state index in [1.54, 1.807) is 63.6 Å². The highest BCUT2D eigenvalue weighted by molar-refractivity contribution is 5.68. The van der Waals surface area contributed by atoms with E-state index in [-0.39, 0.29) is 5.82 Å². The molecule has 0 radical (unpaired) electrons. The molecule has 1 aromatic heterocycles. The molecule has 0 fully saturated rings. The van der Waals surface area contributed by atoms with Crippen molar-refractivity contribution in [2.45, 2.75) is 6.92 Å². The van der Waals surface area contributed by atoms with Crippen LogP contribution in [-0.2, 0) is 0 Å². The molecule has 0 saturated heterocycles. The molecule has 134 valence electrons. The molecule has 1 heterocycles. The van der Waals surface area contributed by atoms with Crippen LogP contribution in [0.2, 0.25) is 0 Å². The SMILES string of the molecule is COc1ccc(OC)c(Nc2cc(Nc3ccccc3F)nc(C)n2)c1. The van der Waals surface area contributed by atoms with Gasteiger partial charge in [-0.3, -0.25) is 0 Å². The number of halogens is 1. The number of hydrogen-bond acceptors (Lipinski definition) is 6. The molecule has 0 spiro atoms. The van der Waals surface area contributed by atoms with Crippen molar-refractivity contribution in [1.29, 1.82) is 0 Å². The first kappa shape index (κ1) is 17.5. The number of hydrogen-bond donors (Lipinski definition) is 2. The molecule has 0 saturated carbocycles. The second kappa shape index (κ2) is 7.69. The van der Waals surface area contributed by atoms with E-state index < -0.39 is 0 Å². The molecule has 3 aromatic rings. The summed E-state index contributed by atoms with van der Waals surface area (Å²) < 4.78 is 24.5. The van der Waals surface area contributed by atoms with Gasteiger partial charge in [-0.1, -0.05) is 12.1 Å². The molecule has 26 heavy (non-hydrogen) atoms. The van der Waals surface area contributed by atoms with Crippen LogP contribution in [0.5, 0.6) is 11.5 Å². The Bertz CT molecular complexity index is 918. The van der Waals surface area contributed by atoms with Crippen LogP contribution >= 0.6 is 0 Å². The predicted octanol–water partition coefficient (Wildman–Crippen LogP) is 4.43. The third-order valence-electron chi connectivity index (χ3n) is 3.64. The molecule has 0 atom stereocenters. The summed E-state index contributed by atoms with van der Waals surface area (Å²) in [5, 5.41) is 6.16. The largest absolute Gasteiger partial charge is 0.497 e. The van der Waals surface area contributed by atoms with Gasteiger partial charge in [0.25, 0.3) is 0 Å². The molecule has 0 aliphatic rings. The smallest absolute Gasteiger partial charge is 0.146 e. The number of rotatable bonds is 6. The van der Waals surface area contributed by atoms with E-state index in [4.69, 9.17) is 9.47 Å². The number of para-hydroxylation sites is 1. The Morgan fingerprint density at radius 2 is 1.54 bits per heavy atom. The van der Waals surface area contributed by atoms with Crippen LogP contribution in [0.15, 0.2) is 48.5 Å². The Hall–Kier alpha value is -3.35. The lowest BCUT2D eigenvalue weighted by molar-refractivity contribution is 0.405. The number of nitrogens with zero attached hydrogens (tertiary/aromatic N) is 2. The lowest BCUT2D eigenvalue weighted by Crippen LogP contribution is -2.03. The highest BCUT2D eigenvalue weighted by Gasteiger charge is 2.09. The third kappa shape index (κ3) is 4.00. The number of anilines is 4. The highest BCUT2D eigenvalue weighted by Crippen LogP contribution is 2.31. The van der Waals surface area contributed by atoms with Crippen LogP contribution in [-0.4, -0.2) is 24.2 Å². The zero-order valence-corrected chi connectivity index (χ0v) is 14.7. The second-order valence-corrected chi connectivity index (χ2v) is 5.48. The van der Waals surface area contributed by atoms with E-state index in [0.29, 0.717) is 40.3 Å². The van der Waals surface area contributed by atoms with Gasteiger partial charge in [-0.15, -0.1) is 0 Å². The summed E-state index contributed by atoms with van der Waals surface area (Å²) in [6.45, 7) is 1.76. The summed E-state index contributed by atoms with van der Waals surface area (Å²) in [6, 6.07) is 13.5. The van der Waals surface area contributed by atoms with Gasteiger partial charge in [-0.05, 0) is 31.2 Å². The van der Waals surface area contributed by atoms with Crippen LogP contribution in [0.25, 0.3) is 0 Å². The van der Waals surface area contributed by atoms with Crippen LogP contribution in [0.4, 0.5) is 27.4 Å². The maximum atomic E-state index is 13.9. The molecule has 2 aromatic carbocycles. The van der Waals surface area contributed by atoms with Crippen molar-refractivity contribution in [3.63, 3.8) is 0 Å². The van der Waals surface area contributed by atoms with Crippen LogP contribution in [0, 0.1) is 12.7 Å². The van der Waals surface area contributed by atoms with Crippen molar-refractivity contribution in [2.75, 3.05) is 24.9 Å². The van der Waals surface area contributed by atoms with E-state index in [9.17, 15) is 4.39 Å². The Morgan fingerprint density at radius 3 is 2.19 bits per heavy atom. The number of ether oxygens (including phenoxy) is 2. The van der Waals surface area contributed by atoms with Gasteiger partial charge in [0.05, 0.1) is 25.6 Å². The van der Waals surface area contributed by atoms with Crippen molar-refractivity contribution in [3.8, 4) is 11.5 Å². The fourth-order valence-electron chi connectivity index (χ4n) is 2.45. The standard InChI is InChI=1S/C19H19FN4O2/c1-12-21-18(23-15-7-5-4-6-14(15)20)11-19(22-12)24-16-10-13(25-2)8-9-17(16)26-3/h4-11H,1-3H3,(H2,21,22,23,24). The maximum Gasteiger partial charge on any atom is 0.146 e. The molecule has 0 unspecified atom stereocenters. The topological polar surface area (TPSA) is 68.3 Å². The van der Waals surface area contributed by atoms with Gasteiger partial charge in [0.1, 0.15) is 34.8 Å². The molecule has 7 heteroatoms. The quantitative estimate of drug-likeness (QED) is 0.683. The van der Waals surface area contributed by atoms with Gasteiger partial charge in [0, 0.05) is 12.1 Å². The summed E-state index contributed by atoms with van der Waals surface area (Å²) >= 11 is 0. The minimum Gasteiger partial charge on any atom is -0.497 e. The van der Waals surface area contributed by atoms with E-state index in [2.05, 4.69) is 20.6 Å². The average molecular weight is 354 g/mol. The van der Waals surface area contributed by atoms with Crippen LogP contribution < -0.4 is 20.1 Å². The number of aromatic nitrogens is 2. The number of aryl methyl sites for hydroxylation is 1. The maximum absolute atomic E-state index is 13.9. The van der Waals surface area contributed by atoms with Gasteiger partial charge in [-0.25, -0.2) is 14.4 Å². The van der Waals surface area contributed by atoms with Crippen molar-refractivity contribution < 1.29 is 13.9 Å². The minimum absolute atomic E-state index is 0.343. The molecule has 0 amide bonds. The Kier molecular flexibility index (Phi) is 5.17. The van der Waals surface area contributed by atoms with E-state index in [1.165, 1.54) is 6.07 Å². The van der Waals surface area contributed by atoms with Crippen molar-refractivity contribution >= 4 is 23.0 Å². The highest BCUT2D eigenvalue weighted by atomic mass is 19.1. The second-order valence-electron chi connectivity index (χ2n) is 5.48. The van der Waals surface area contributed by atoms with Crippen molar-refractivity contribution in [1.82, 2.24) is 9.97 Å². The molecule has 2 N–H and O–H groups in total. The Morgan fingerprint density at radius 1 is 0.846 bits per heavy atom. The Labute approximate surface area is 151 Å². The molecule has 6 nitrogen and oxygen atoms in total. The van der Waals surface area contributed by atoms with Gasteiger partial charge < -0.3 is 20.1 Å². The number of methoxy groups -OCH3 is 2. The summed E-state index contributed by atoms with van der Waals surface area (Å²) in [4.78, 5) is 8.68. The van der Waals surface area contributed by atoms with Gasteiger partial charge in [0.2, 0.25) is 0 Å². The average Bonchev–Trinajstić information content (AvgIpc) is 2.63. The first-order valence-electron chi connectivity index (χ1n) is 7.95. The molecule has 0 aliphatic heterocycles. The Balaban J connectivity index is 1.90. The van der Waals surface area contributed by atoms with Crippen molar-refractivity contribution in [2.24, 2.45) is 0 Å². The lowest BCUT2D eigenvalue weighted by Gasteiger charge is -2.14. The van der Waals surface area contributed by atoms with Gasteiger partial charge in [0.15, 0.2) is 0 Å². The summed E-state index contributed by atoms with van der Waals surface area (Å²) in [5.41, 5.74) is 1.04. The van der Waals surface area contributed by atoms with Crippen LogP contribution in [0.1, 0.15) is 5.82 Å². The number of nitrogens with one attached hydrogen (secondary N) is 2. The zero-order chi connectivity index (χ0) is 18.5. The van der Waals surface area contributed by atoms with Gasteiger partial charge >= 0.3 is 0 Å². The number of benzene rings is 2. The van der Waals surface area contributed by atoms with E-state index in [0.717, 1.165) is 0 Å². The van der Waals surface area contributed by atoms with Crippen LogP contribution in [0.3, 0.4) is 0 Å². The van der Waals surface area contributed by atoms with E-state index >= 15 is 0 Å². The lowest BCUT2D eigenvalue weighted by atomic mass is 10.2. The van der Waals surface area contributed by atoms with Gasteiger partial charge in [-0.2, -0.15) is 0 Å².